The van der Waals surface area contributed by atoms with Crippen LogP contribution in [0, 0.1) is 20.2 Å². The summed E-state index contributed by atoms with van der Waals surface area (Å²) in [6.07, 6.45) is 1.00. The van der Waals surface area contributed by atoms with Crippen LogP contribution in [0.1, 0.15) is 10.4 Å². The Kier molecular flexibility index (Phi) is 5.54. The normalized spacial score (nSPS) is 10.1. The van der Waals surface area contributed by atoms with Gasteiger partial charge in [-0.1, -0.05) is 30.3 Å². The summed E-state index contributed by atoms with van der Waals surface area (Å²) in [6.45, 7) is 0. The van der Waals surface area contributed by atoms with Crippen LogP contribution in [0.3, 0.4) is 0 Å². The molecule has 0 aliphatic carbocycles. The van der Waals surface area contributed by atoms with E-state index < -0.39 is 27.1 Å². The Bertz CT molecular complexity index is 1080. The van der Waals surface area contributed by atoms with Crippen molar-refractivity contribution < 1.29 is 19.4 Å². The number of nitrogens with one attached hydrogen (secondary N) is 2. The zero-order chi connectivity index (χ0) is 20.8. The van der Waals surface area contributed by atoms with Gasteiger partial charge in [-0.2, -0.15) is 4.98 Å². The monoisotopic (exact) mass is 396 g/mol. The number of aromatic nitrogens is 2. The molecule has 2 N–H and O–H groups in total. The molecule has 29 heavy (non-hydrogen) atoms. The van der Waals surface area contributed by atoms with Crippen LogP contribution in [0.15, 0.2) is 60.9 Å². The van der Waals surface area contributed by atoms with Gasteiger partial charge in [-0.3, -0.25) is 35.9 Å². The molecule has 12 heteroatoms. The van der Waals surface area contributed by atoms with Gasteiger partial charge < -0.3 is 4.74 Å². The first-order valence-electron chi connectivity index (χ1n) is 7.99. The highest BCUT2D eigenvalue weighted by Gasteiger charge is 2.26. The lowest BCUT2D eigenvalue weighted by Gasteiger charge is -2.10. The topological polar surface area (TPSA) is 162 Å². The Morgan fingerprint density at radius 2 is 1.62 bits per heavy atom. The summed E-state index contributed by atoms with van der Waals surface area (Å²) < 4.78 is 5.42. The van der Waals surface area contributed by atoms with Gasteiger partial charge in [-0.25, -0.2) is 4.98 Å². The van der Waals surface area contributed by atoms with Crippen molar-refractivity contribution in [2.24, 2.45) is 0 Å². The SMILES string of the molecule is O=C(NNc1ncnc(Oc2ccccc2)c1[N+](=O)[O-])c1ccccc1[N+](=O)[O-]. The van der Waals surface area contributed by atoms with Gasteiger partial charge in [0, 0.05) is 6.07 Å². The Labute approximate surface area is 162 Å². The molecule has 0 atom stereocenters. The third-order valence-electron chi connectivity index (χ3n) is 3.57. The molecular formula is C17H12N6O6. The number of carbonyl (C=O) groups excluding carboxylic acids is 1. The van der Waals surface area contributed by atoms with Crippen molar-refractivity contribution >= 4 is 23.1 Å². The smallest absolute Gasteiger partial charge is 0.374 e. The van der Waals surface area contributed by atoms with Crippen LogP contribution in [0.25, 0.3) is 0 Å². The zero-order valence-corrected chi connectivity index (χ0v) is 14.5. The number of nitro benzene ring substituents is 1. The number of benzene rings is 2. The van der Waals surface area contributed by atoms with Gasteiger partial charge >= 0.3 is 11.6 Å². The fourth-order valence-corrected chi connectivity index (χ4v) is 2.30. The summed E-state index contributed by atoms with van der Waals surface area (Å²) >= 11 is 0. The Morgan fingerprint density at radius 3 is 2.31 bits per heavy atom. The molecule has 1 amide bonds. The summed E-state index contributed by atoms with van der Waals surface area (Å²) in [4.78, 5) is 40.8. The largest absolute Gasteiger partial charge is 0.434 e. The van der Waals surface area contributed by atoms with Gasteiger partial charge in [0.2, 0.25) is 5.82 Å². The van der Waals surface area contributed by atoms with E-state index in [0.717, 1.165) is 12.4 Å². The summed E-state index contributed by atoms with van der Waals surface area (Å²) in [7, 11) is 0. The maximum Gasteiger partial charge on any atom is 0.374 e. The number of hydrogen-bond acceptors (Lipinski definition) is 9. The molecule has 0 aliphatic heterocycles. The highest BCUT2D eigenvalue weighted by atomic mass is 16.6. The van der Waals surface area contributed by atoms with Crippen molar-refractivity contribution in [1.82, 2.24) is 15.4 Å². The Hall–Kier alpha value is -4.61. The molecule has 0 bridgehead atoms. The summed E-state index contributed by atoms with van der Waals surface area (Å²) in [6, 6.07) is 13.5. The quantitative estimate of drug-likeness (QED) is 0.451. The van der Waals surface area contributed by atoms with Crippen molar-refractivity contribution in [1.29, 1.82) is 0 Å². The van der Waals surface area contributed by atoms with Crippen molar-refractivity contribution in [2.75, 3.05) is 5.43 Å². The van der Waals surface area contributed by atoms with E-state index in [9.17, 15) is 25.0 Å². The molecule has 12 nitrogen and oxygen atoms in total. The van der Waals surface area contributed by atoms with Crippen LogP contribution in [-0.2, 0) is 0 Å². The number of amides is 1. The lowest BCUT2D eigenvalue weighted by molar-refractivity contribution is -0.385. The maximum atomic E-state index is 12.3. The predicted molar refractivity (Wildman–Crippen MR) is 99.4 cm³/mol. The number of carbonyl (C=O) groups is 1. The number of hydrogen-bond donors (Lipinski definition) is 2. The fraction of sp³-hybridized carbons (Fsp3) is 0. The third-order valence-corrected chi connectivity index (χ3v) is 3.57. The van der Waals surface area contributed by atoms with Crippen LogP contribution < -0.4 is 15.6 Å². The third kappa shape index (κ3) is 4.39. The van der Waals surface area contributed by atoms with Crippen molar-refractivity contribution in [3.63, 3.8) is 0 Å². The molecule has 3 aromatic rings. The molecule has 3 rings (SSSR count). The number of ether oxygens (including phenoxy) is 1. The second-order valence-corrected chi connectivity index (χ2v) is 5.40. The molecule has 146 valence electrons. The van der Waals surface area contributed by atoms with E-state index in [-0.39, 0.29) is 17.3 Å². The number of para-hydroxylation sites is 2. The number of nitro groups is 2. The van der Waals surface area contributed by atoms with Crippen LogP contribution in [0.2, 0.25) is 0 Å². The van der Waals surface area contributed by atoms with E-state index in [2.05, 4.69) is 20.8 Å². The Balaban J connectivity index is 1.84. The first kappa shape index (κ1) is 19.2. The maximum absolute atomic E-state index is 12.3. The first-order valence-corrected chi connectivity index (χ1v) is 7.99. The molecule has 0 unspecified atom stereocenters. The number of anilines is 1. The molecule has 0 radical (unpaired) electrons. The highest BCUT2D eigenvalue weighted by Crippen LogP contribution is 2.33. The first-order chi connectivity index (χ1) is 14.0. The lowest BCUT2D eigenvalue weighted by Crippen LogP contribution is -2.30. The summed E-state index contributed by atoms with van der Waals surface area (Å²) in [5.74, 6) is -1.28. The predicted octanol–water partition coefficient (Wildman–Crippen LogP) is 2.84. The molecular weight excluding hydrogens is 384 g/mol. The average Bonchev–Trinajstić information content (AvgIpc) is 2.72. The second kappa shape index (κ2) is 8.39. The molecule has 0 saturated heterocycles. The van der Waals surface area contributed by atoms with Crippen LogP contribution in [-0.4, -0.2) is 25.7 Å². The van der Waals surface area contributed by atoms with Gasteiger partial charge in [-0.15, -0.1) is 0 Å². The Morgan fingerprint density at radius 1 is 0.931 bits per heavy atom. The standard InChI is InChI=1S/C17H12N6O6/c24-16(12-8-4-5-9-13(12)22(25)26)21-20-15-14(23(27)28)17(19-10-18-15)29-11-6-2-1-3-7-11/h1-10H,(H,21,24)(H,18,19,20). The number of nitrogens with zero attached hydrogens (tertiary/aromatic N) is 4. The van der Waals surface area contributed by atoms with E-state index in [4.69, 9.17) is 4.74 Å². The molecule has 0 aliphatic rings. The lowest BCUT2D eigenvalue weighted by atomic mass is 10.2. The van der Waals surface area contributed by atoms with E-state index >= 15 is 0 Å². The number of rotatable bonds is 7. The van der Waals surface area contributed by atoms with E-state index in [0.29, 0.717) is 5.75 Å². The fourth-order valence-electron chi connectivity index (χ4n) is 2.30. The van der Waals surface area contributed by atoms with Gasteiger partial charge in [0.25, 0.3) is 11.6 Å². The van der Waals surface area contributed by atoms with Crippen molar-refractivity contribution in [2.45, 2.75) is 0 Å². The molecule has 1 heterocycles. The molecule has 0 spiro atoms. The second-order valence-electron chi connectivity index (χ2n) is 5.40. The average molecular weight is 396 g/mol. The van der Waals surface area contributed by atoms with Gasteiger partial charge in [0.15, 0.2) is 0 Å². The molecule has 0 saturated carbocycles. The van der Waals surface area contributed by atoms with E-state index in [1.165, 1.54) is 18.2 Å². The van der Waals surface area contributed by atoms with Crippen molar-refractivity contribution in [3.05, 3.63) is 86.7 Å². The van der Waals surface area contributed by atoms with Gasteiger partial charge in [0.1, 0.15) is 17.6 Å². The van der Waals surface area contributed by atoms with Crippen LogP contribution in [0.5, 0.6) is 11.6 Å². The molecule has 2 aromatic carbocycles. The summed E-state index contributed by atoms with van der Waals surface area (Å²) in [5, 5.41) is 22.5. The highest BCUT2D eigenvalue weighted by molar-refractivity contribution is 5.98. The van der Waals surface area contributed by atoms with E-state index in [1.54, 1.807) is 30.3 Å². The molecule has 0 fully saturated rings. The van der Waals surface area contributed by atoms with Crippen molar-refractivity contribution in [3.8, 4) is 11.6 Å². The zero-order valence-electron chi connectivity index (χ0n) is 14.5. The minimum absolute atomic E-state index is 0.234. The summed E-state index contributed by atoms with van der Waals surface area (Å²) in [5.41, 5.74) is 3.16. The number of hydrazine groups is 1. The van der Waals surface area contributed by atoms with Gasteiger partial charge in [-0.05, 0) is 18.2 Å². The minimum atomic E-state index is -0.879. The van der Waals surface area contributed by atoms with E-state index in [1.807, 2.05) is 0 Å². The minimum Gasteiger partial charge on any atom is -0.434 e. The molecule has 1 aromatic heterocycles. The van der Waals surface area contributed by atoms with Gasteiger partial charge in [0.05, 0.1) is 9.85 Å². The van der Waals surface area contributed by atoms with Crippen LogP contribution in [0.4, 0.5) is 17.2 Å². The van der Waals surface area contributed by atoms with Crippen LogP contribution >= 0.6 is 0 Å².